The lowest BCUT2D eigenvalue weighted by atomic mass is 9.74. The van der Waals surface area contributed by atoms with Crippen LogP contribution in [-0.2, 0) is 92.2 Å². The molecule has 5 aliphatic rings. The number of likely N-dealkylation sites (N-methyl/N-ethyl adjacent to an activating group) is 7. The molecule has 2 bridgehead atoms. The van der Waals surface area contributed by atoms with E-state index in [9.17, 15) is 50.3 Å². The highest BCUT2D eigenvalue weighted by molar-refractivity contribution is 6.01. The van der Waals surface area contributed by atoms with Gasteiger partial charge in [0.2, 0.25) is 70.9 Å². The summed E-state index contributed by atoms with van der Waals surface area (Å²) in [6.07, 6.45) is -7.63. The number of nitrogens with zero attached hydrogens (tertiary/aromatic N) is 9. The van der Waals surface area contributed by atoms with Crippen molar-refractivity contribution >= 4 is 70.9 Å². The Hall–Kier alpha value is -8.82. The minimum atomic E-state index is -5.46. The van der Waals surface area contributed by atoms with E-state index < -0.39 is 222 Å². The van der Waals surface area contributed by atoms with Gasteiger partial charge in [-0.15, -0.1) is 0 Å². The topological polar surface area (TPSA) is 289 Å². The molecular formula is C77H108F8N12O14. The SMILES string of the molecule is CCO[C@@H]1C[C@H]2C(=O)NC3(CCC3)C(=O)N(C)[C@@H](C3CCCC3)C(=O)N(C)[C@H](C(=O)N(C)CCOC)CC(=O)N(C)[C@@H](CC(C)C)C(=O)N[C@@H]([C@@H](C)CC)C(=O)N(C)CC(=O)N(C)[C@@H]3C/C=C\CCN(C3=O)[C@@H](Cc3ccc(C(F)(F)F)cc3)C(=O)N(C)CC(=O)N[C@@H](CCc3cc(F)c(C(F)(F)F)c(F)c3)C(=O)N2C1. The molecule has 4 fully saturated rings. The van der Waals surface area contributed by atoms with Crippen LogP contribution in [0.1, 0.15) is 147 Å². The molecule has 0 aromatic heterocycles. The van der Waals surface area contributed by atoms with Crippen LogP contribution in [0.4, 0.5) is 35.1 Å². The number of carbonyl (C=O) groups is 12. The number of benzene rings is 2. The normalized spacial score (nSPS) is 25.7. The molecule has 7 rings (SSSR count). The summed E-state index contributed by atoms with van der Waals surface area (Å²) in [7, 11) is 10.7. The highest BCUT2D eigenvalue weighted by Crippen LogP contribution is 2.40. The van der Waals surface area contributed by atoms with Crippen LogP contribution in [0, 0.1) is 29.4 Å². The molecule has 26 nitrogen and oxygen atoms in total. The summed E-state index contributed by atoms with van der Waals surface area (Å²) in [6.45, 7) is 6.54. The van der Waals surface area contributed by atoms with Gasteiger partial charge in [-0.2, -0.15) is 26.3 Å². The molecule has 0 radical (unpaired) electrons. The van der Waals surface area contributed by atoms with Crippen molar-refractivity contribution in [2.75, 3.05) is 102 Å². The monoisotopic (exact) mass is 1580 g/mol. The van der Waals surface area contributed by atoms with Crippen molar-refractivity contribution in [2.45, 2.75) is 210 Å². The summed E-state index contributed by atoms with van der Waals surface area (Å²) >= 11 is 0. The van der Waals surface area contributed by atoms with Crippen molar-refractivity contribution in [3.63, 3.8) is 0 Å². The third-order valence-electron chi connectivity index (χ3n) is 22.3. The van der Waals surface area contributed by atoms with Crippen molar-refractivity contribution in [1.29, 1.82) is 0 Å². The highest BCUT2D eigenvalue weighted by Gasteiger charge is 2.54. The number of fused-ring (bicyclic) bond motifs is 3. The Kier molecular flexibility index (Phi) is 31.1. The number of aryl methyl sites for hydroxylation is 1. The molecule has 3 heterocycles. The molecule has 2 aromatic carbocycles. The van der Waals surface area contributed by atoms with Gasteiger partial charge in [0, 0.05) is 95.5 Å². The van der Waals surface area contributed by atoms with Crippen LogP contribution in [0.3, 0.4) is 0 Å². The van der Waals surface area contributed by atoms with Gasteiger partial charge in [-0.1, -0.05) is 71.2 Å². The molecule has 34 heteroatoms. The second-order valence-electron chi connectivity index (χ2n) is 30.5. The van der Waals surface area contributed by atoms with E-state index in [1.54, 1.807) is 46.8 Å². The van der Waals surface area contributed by atoms with Crippen LogP contribution in [0.2, 0.25) is 0 Å². The molecule has 10 atom stereocenters. The lowest BCUT2D eigenvalue weighted by Crippen LogP contribution is -2.68. The summed E-state index contributed by atoms with van der Waals surface area (Å²) < 4.78 is 125. The van der Waals surface area contributed by atoms with Gasteiger partial charge >= 0.3 is 12.4 Å². The molecule has 3 N–H and O–H groups in total. The molecule has 2 aliphatic carbocycles. The van der Waals surface area contributed by atoms with Gasteiger partial charge in [0.05, 0.1) is 37.8 Å². The van der Waals surface area contributed by atoms with E-state index in [2.05, 4.69) is 16.0 Å². The predicted octanol–water partition coefficient (Wildman–Crippen LogP) is 5.76. The number of hydrogen-bond acceptors (Lipinski definition) is 14. The third-order valence-corrected chi connectivity index (χ3v) is 22.3. The van der Waals surface area contributed by atoms with E-state index in [1.807, 2.05) is 0 Å². The number of methoxy groups -OCH3 is 1. The van der Waals surface area contributed by atoms with Crippen LogP contribution in [-0.4, -0.2) is 277 Å². The summed E-state index contributed by atoms with van der Waals surface area (Å²) in [5, 5.41) is 8.28. The number of rotatable bonds is 16. The molecule has 111 heavy (non-hydrogen) atoms. The standard InChI is InChI=1S/C77H108F8N12O14/c1-14-46(5)64-72(107)91(8)44-62(100)92(9)55-24-17-16-20-33-96(71(55)106)59(39-47-25-28-50(29-26-47)76(80,81)82)70(105)90(7)43-60(98)86-54(30-27-48-37-52(78)63(53(79)38-48)77(83,84)85)68(103)97-42-51(111-15-2)40-57(97)67(102)88-75(31-21-32-75)74(109)95(12)65(49-22-18-19-23-49)73(108)94(11)58(69(104)89(6)34-35-110-13)41-61(99)93(10)56(36-45(3)4)66(101)87-64/h16-17,25-26,28-29,37-38,45-46,49,51,54-59,64-65H,14-15,18-24,27,30-36,39-44H2,1-13H3,(H,86,98)(H,87,101)(H,88,102)/b17-16-/t46-,51+,54-,55+,56-,57-,58-,59-,64-,65-/m0/s1. The van der Waals surface area contributed by atoms with Crippen molar-refractivity contribution in [3.8, 4) is 0 Å². The Morgan fingerprint density at radius 2 is 1.32 bits per heavy atom. The van der Waals surface area contributed by atoms with Gasteiger partial charge in [-0.25, -0.2) is 8.78 Å². The molecule has 616 valence electrons. The van der Waals surface area contributed by atoms with E-state index in [4.69, 9.17) is 9.47 Å². The Labute approximate surface area is 642 Å². The number of hydrogen-bond donors (Lipinski definition) is 3. The zero-order valence-corrected chi connectivity index (χ0v) is 65.6. The largest absolute Gasteiger partial charge is 0.422 e. The molecular weight excluding hydrogens is 1470 g/mol. The average Bonchev–Trinajstić information content (AvgIpc) is 1.67. The second kappa shape index (κ2) is 38.6. The van der Waals surface area contributed by atoms with Crippen molar-refractivity contribution in [1.82, 2.24) is 60.0 Å². The smallest absolute Gasteiger partial charge is 0.383 e. The molecule has 12 amide bonds. The fraction of sp³-hybridized carbons (Fsp3) is 0.662. The van der Waals surface area contributed by atoms with E-state index in [-0.39, 0.29) is 82.9 Å². The fourth-order valence-electron chi connectivity index (χ4n) is 15.3. The van der Waals surface area contributed by atoms with E-state index >= 15 is 42.3 Å². The first kappa shape index (κ1) is 89.4. The fourth-order valence-corrected chi connectivity index (χ4v) is 15.3. The van der Waals surface area contributed by atoms with Crippen molar-refractivity contribution in [2.24, 2.45) is 17.8 Å². The maximum absolute atomic E-state index is 15.7. The minimum absolute atomic E-state index is 0.00603. The van der Waals surface area contributed by atoms with E-state index in [0.29, 0.717) is 50.7 Å². The number of halogens is 8. The summed E-state index contributed by atoms with van der Waals surface area (Å²) in [4.78, 5) is 192. The zero-order chi connectivity index (χ0) is 82.5. The van der Waals surface area contributed by atoms with Crippen LogP contribution < -0.4 is 16.0 Å². The van der Waals surface area contributed by atoms with E-state index in [1.165, 1.54) is 59.2 Å². The molecule has 3 aliphatic heterocycles. The zero-order valence-electron chi connectivity index (χ0n) is 65.6. The molecule has 2 aromatic rings. The number of ether oxygens (including phenoxy) is 2. The summed E-state index contributed by atoms with van der Waals surface area (Å²) in [6, 6.07) is -7.46. The maximum Gasteiger partial charge on any atom is 0.422 e. The molecule has 2 saturated carbocycles. The number of carbonyl (C=O) groups excluding carboxylic acids is 12. The van der Waals surface area contributed by atoms with Crippen molar-refractivity contribution < 1.29 is 102 Å². The van der Waals surface area contributed by atoms with Gasteiger partial charge in [-0.05, 0) is 124 Å². The van der Waals surface area contributed by atoms with Gasteiger partial charge < -0.3 is 69.5 Å². The minimum Gasteiger partial charge on any atom is -0.383 e. The highest BCUT2D eigenvalue weighted by atomic mass is 19.4. The second-order valence-corrected chi connectivity index (χ2v) is 30.5. The van der Waals surface area contributed by atoms with Crippen LogP contribution >= 0.6 is 0 Å². The van der Waals surface area contributed by atoms with E-state index in [0.717, 1.165) is 65.6 Å². The van der Waals surface area contributed by atoms with Gasteiger partial charge in [-0.3, -0.25) is 57.5 Å². The Morgan fingerprint density at radius 3 is 1.88 bits per heavy atom. The first-order chi connectivity index (χ1) is 52.1. The average molecular weight is 1580 g/mol. The summed E-state index contributed by atoms with van der Waals surface area (Å²) in [5.41, 5.74) is -5.28. The Bertz CT molecular complexity index is 3700. The van der Waals surface area contributed by atoms with Crippen molar-refractivity contribution in [3.05, 3.63) is 82.4 Å². The first-order valence-corrected chi connectivity index (χ1v) is 37.9. The van der Waals surface area contributed by atoms with Gasteiger partial charge in [0.1, 0.15) is 71.1 Å². The quantitative estimate of drug-likeness (QED) is 0.133. The van der Waals surface area contributed by atoms with Crippen LogP contribution in [0.15, 0.2) is 48.6 Å². The number of alkyl halides is 6. The third kappa shape index (κ3) is 21.9. The lowest BCUT2D eigenvalue weighted by Gasteiger charge is -2.46. The first-order valence-electron chi connectivity index (χ1n) is 37.9. The predicted molar refractivity (Wildman–Crippen MR) is 389 cm³/mol. The number of nitrogens with one attached hydrogen (secondary N) is 3. The van der Waals surface area contributed by atoms with Gasteiger partial charge in [0.25, 0.3) is 0 Å². The maximum atomic E-state index is 15.7. The van der Waals surface area contributed by atoms with Crippen LogP contribution in [0.5, 0.6) is 0 Å². The summed E-state index contributed by atoms with van der Waals surface area (Å²) in [5.74, 6) is -15.6. The molecule has 0 unspecified atom stereocenters. The lowest BCUT2D eigenvalue weighted by molar-refractivity contribution is -0.158. The molecule has 1 spiro atoms. The molecule has 2 saturated heterocycles. The van der Waals surface area contributed by atoms with Crippen LogP contribution in [0.25, 0.3) is 0 Å². The Balaban J connectivity index is 1.36. The Morgan fingerprint density at radius 1 is 0.685 bits per heavy atom. The van der Waals surface area contributed by atoms with Gasteiger partial charge in [0.15, 0.2) is 0 Å². The number of amides is 12.